The van der Waals surface area contributed by atoms with Crippen LogP contribution in [0.5, 0.6) is 11.5 Å². The highest BCUT2D eigenvalue weighted by molar-refractivity contribution is 5.94. The van der Waals surface area contributed by atoms with Crippen LogP contribution in [0.15, 0.2) is 48.5 Å². The van der Waals surface area contributed by atoms with Crippen molar-refractivity contribution in [2.45, 2.75) is 13.1 Å². The Morgan fingerprint density at radius 1 is 1.00 bits per heavy atom. The van der Waals surface area contributed by atoms with Crippen LogP contribution in [-0.2, 0) is 4.79 Å². The molecule has 138 valence electrons. The lowest BCUT2D eigenvalue weighted by Gasteiger charge is -2.14. The number of para-hydroxylation sites is 2. The molecule has 2 aromatic rings. The molecule has 1 N–H and O–H groups in total. The number of carbonyl (C=O) groups excluding carboxylic acids is 2. The first kappa shape index (κ1) is 19.3. The van der Waals surface area contributed by atoms with Gasteiger partial charge < -0.3 is 14.8 Å². The summed E-state index contributed by atoms with van der Waals surface area (Å²) < 4.78 is 46.8. The summed E-state index contributed by atoms with van der Waals surface area (Å²) >= 11 is 0. The van der Waals surface area contributed by atoms with Crippen molar-refractivity contribution in [3.05, 3.63) is 54.1 Å². The maximum Gasteiger partial charge on any atom is 0.422 e. The number of alkyl halides is 3. The topological polar surface area (TPSA) is 64.6 Å². The molecule has 0 aliphatic heterocycles. The van der Waals surface area contributed by atoms with E-state index < -0.39 is 18.7 Å². The lowest BCUT2D eigenvalue weighted by molar-refractivity contribution is -0.153. The van der Waals surface area contributed by atoms with Gasteiger partial charge in [-0.1, -0.05) is 12.1 Å². The molecule has 0 radical (unpaired) electrons. The Hall–Kier alpha value is -3.03. The third-order valence-electron chi connectivity index (χ3n) is 3.18. The third kappa shape index (κ3) is 6.12. The van der Waals surface area contributed by atoms with Gasteiger partial charge in [0.1, 0.15) is 11.5 Å². The van der Waals surface area contributed by atoms with Crippen molar-refractivity contribution in [1.82, 2.24) is 0 Å². The first-order valence-electron chi connectivity index (χ1n) is 7.57. The minimum atomic E-state index is -4.48. The molecule has 5 nitrogen and oxygen atoms in total. The first-order valence-corrected chi connectivity index (χ1v) is 7.57. The molecule has 0 bridgehead atoms. The summed E-state index contributed by atoms with van der Waals surface area (Å²) in [4.78, 5) is 23.1. The zero-order valence-corrected chi connectivity index (χ0v) is 13.8. The van der Waals surface area contributed by atoms with E-state index in [1.54, 1.807) is 30.3 Å². The Morgan fingerprint density at radius 3 is 2.27 bits per heavy atom. The van der Waals surface area contributed by atoms with Gasteiger partial charge in [-0.3, -0.25) is 9.59 Å². The fourth-order valence-corrected chi connectivity index (χ4v) is 1.98. The molecular formula is C18H16F3NO4. The number of halogens is 3. The summed E-state index contributed by atoms with van der Waals surface area (Å²) in [6.45, 7) is -0.381. The second-order valence-corrected chi connectivity index (χ2v) is 5.32. The summed E-state index contributed by atoms with van der Waals surface area (Å²) in [6, 6.07) is 12.0. The highest BCUT2D eigenvalue weighted by Gasteiger charge is 2.28. The average Bonchev–Trinajstić information content (AvgIpc) is 2.59. The van der Waals surface area contributed by atoms with E-state index in [2.05, 4.69) is 10.1 Å². The van der Waals surface area contributed by atoms with E-state index in [9.17, 15) is 22.8 Å². The van der Waals surface area contributed by atoms with E-state index >= 15 is 0 Å². The van der Waals surface area contributed by atoms with Crippen LogP contribution in [0.1, 0.15) is 17.3 Å². The van der Waals surface area contributed by atoms with Gasteiger partial charge >= 0.3 is 6.18 Å². The van der Waals surface area contributed by atoms with Crippen LogP contribution >= 0.6 is 0 Å². The number of anilines is 1. The smallest absolute Gasteiger partial charge is 0.422 e. The Bertz CT molecular complexity index is 773. The Labute approximate surface area is 147 Å². The van der Waals surface area contributed by atoms with Crippen molar-refractivity contribution in [2.75, 3.05) is 18.5 Å². The number of Topliss-reactive ketones (excluding diaryl/α,β-unsaturated/α-hetero) is 1. The summed E-state index contributed by atoms with van der Waals surface area (Å²) in [5.74, 6) is -0.371. The number of hydrogen-bond donors (Lipinski definition) is 1. The van der Waals surface area contributed by atoms with Gasteiger partial charge in [0.2, 0.25) is 0 Å². The summed E-state index contributed by atoms with van der Waals surface area (Å²) in [5.41, 5.74) is 0.620. The van der Waals surface area contributed by atoms with E-state index in [0.717, 1.165) is 0 Å². The molecule has 0 aliphatic carbocycles. The van der Waals surface area contributed by atoms with Gasteiger partial charge in [0, 0.05) is 5.56 Å². The van der Waals surface area contributed by atoms with Crippen molar-refractivity contribution in [3.8, 4) is 11.5 Å². The summed E-state index contributed by atoms with van der Waals surface area (Å²) in [7, 11) is 0. The van der Waals surface area contributed by atoms with Gasteiger partial charge in [0.25, 0.3) is 5.91 Å². The molecule has 0 saturated carbocycles. The SMILES string of the molecule is CC(=O)c1ccc(OCC(=O)Nc2ccccc2OCC(F)(F)F)cc1. The van der Waals surface area contributed by atoms with Crippen molar-refractivity contribution in [1.29, 1.82) is 0 Å². The summed E-state index contributed by atoms with van der Waals surface area (Å²) in [6.07, 6.45) is -4.48. The maximum absolute atomic E-state index is 12.3. The number of hydrogen-bond acceptors (Lipinski definition) is 4. The van der Waals surface area contributed by atoms with Crippen LogP contribution in [0, 0.1) is 0 Å². The highest BCUT2D eigenvalue weighted by atomic mass is 19.4. The number of carbonyl (C=O) groups is 2. The average molecular weight is 367 g/mol. The second-order valence-electron chi connectivity index (χ2n) is 5.32. The maximum atomic E-state index is 12.3. The zero-order chi connectivity index (χ0) is 19.2. The molecule has 2 aromatic carbocycles. The van der Waals surface area contributed by atoms with Gasteiger partial charge in [-0.15, -0.1) is 0 Å². The van der Waals surface area contributed by atoms with E-state index in [1.165, 1.54) is 25.1 Å². The summed E-state index contributed by atoms with van der Waals surface area (Å²) in [5, 5.41) is 2.44. The number of nitrogens with one attached hydrogen (secondary N) is 1. The van der Waals surface area contributed by atoms with Crippen LogP contribution in [0.2, 0.25) is 0 Å². The number of rotatable bonds is 7. The predicted octanol–water partition coefficient (Wildman–Crippen LogP) is 3.85. The van der Waals surface area contributed by atoms with Gasteiger partial charge in [0.05, 0.1) is 5.69 Å². The minimum absolute atomic E-state index is 0.0928. The Balaban J connectivity index is 1.92. The molecule has 0 aliphatic rings. The Kier molecular flexibility index (Phi) is 6.21. The monoisotopic (exact) mass is 367 g/mol. The van der Waals surface area contributed by atoms with E-state index in [4.69, 9.17) is 4.74 Å². The fourth-order valence-electron chi connectivity index (χ4n) is 1.98. The predicted molar refractivity (Wildman–Crippen MR) is 88.6 cm³/mol. The van der Waals surface area contributed by atoms with Crippen LogP contribution in [-0.4, -0.2) is 31.1 Å². The standard InChI is InChI=1S/C18H16F3NO4/c1-12(23)13-6-8-14(9-7-13)25-10-17(24)22-15-4-2-3-5-16(15)26-11-18(19,20)21/h2-9H,10-11H2,1H3,(H,22,24). The second kappa shape index (κ2) is 8.37. The lowest BCUT2D eigenvalue weighted by atomic mass is 10.1. The molecule has 1 amide bonds. The van der Waals surface area contributed by atoms with Crippen LogP contribution in [0.3, 0.4) is 0 Å². The van der Waals surface area contributed by atoms with Crippen molar-refractivity contribution >= 4 is 17.4 Å². The number of benzene rings is 2. The van der Waals surface area contributed by atoms with E-state index in [-0.39, 0.29) is 23.8 Å². The molecule has 0 spiro atoms. The highest BCUT2D eigenvalue weighted by Crippen LogP contribution is 2.26. The van der Waals surface area contributed by atoms with E-state index in [0.29, 0.717) is 11.3 Å². The van der Waals surface area contributed by atoms with Gasteiger partial charge in [-0.05, 0) is 43.3 Å². The molecule has 2 rings (SSSR count). The zero-order valence-electron chi connectivity index (χ0n) is 13.8. The van der Waals surface area contributed by atoms with E-state index in [1.807, 2.05) is 0 Å². The molecule has 26 heavy (non-hydrogen) atoms. The van der Waals surface area contributed by atoms with Crippen LogP contribution in [0.25, 0.3) is 0 Å². The molecular weight excluding hydrogens is 351 g/mol. The third-order valence-corrected chi connectivity index (χ3v) is 3.18. The number of ketones is 1. The van der Waals surface area contributed by atoms with Crippen LogP contribution < -0.4 is 14.8 Å². The van der Waals surface area contributed by atoms with Crippen molar-refractivity contribution in [3.63, 3.8) is 0 Å². The molecule has 0 heterocycles. The number of amides is 1. The van der Waals surface area contributed by atoms with Gasteiger partial charge in [-0.25, -0.2) is 0 Å². The largest absolute Gasteiger partial charge is 0.484 e. The van der Waals surface area contributed by atoms with Crippen molar-refractivity contribution in [2.24, 2.45) is 0 Å². The molecule has 0 aromatic heterocycles. The number of ether oxygens (including phenoxy) is 2. The minimum Gasteiger partial charge on any atom is -0.484 e. The first-order chi connectivity index (χ1) is 12.2. The molecule has 0 unspecified atom stereocenters. The quantitative estimate of drug-likeness (QED) is 0.755. The molecule has 0 saturated heterocycles. The molecule has 8 heteroatoms. The molecule has 0 atom stereocenters. The van der Waals surface area contributed by atoms with Gasteiger partial charge in [0.15, 0.2) is 19.0 Å². The normalized spacial score (nSPS) is 10.9. The molecule has 0 fully saturated rings. The Morgan fingerprint density at radius 2 is 1.65 bits per heavy atom. The van der Waals surface area contributed by atoms with Crippen LogP contribution in [0.4, 0.5) is 18.9 Å². The lowest BCUT2D eigenvalue weighted by Crippen LogP contribution is -2.22. The van der Waals surface area contributed by atoms with Crippen molar-refractivity contribution < 1.29 is 32.2 Å². The van der Waals surface area contributed by atoms with Gasteiger partial charge in [-0.2, -0.15) is 13.2 Å². The fraction of sp³-hybridized carbons (Fsp3) is 0.222.